The van der Waals surface area contributed by atoms with Crippen molar-refractivity contribution in [1.29, 1.82) is 0 Å². The molecule has 2 saturated heterocycles. The summed E-state index contributed by atoms with van der Waals surface area (Å²) in [5, 5.41) is 3.61. The van der Waals surface area contributed by atoms with Gasteiger partial charge in [0.05, 0.1) is 0 Å². The van der Waals surface area contributed by atoms with E-state index in [1.165, 1.54) is 90.6 Å². The number of hydrogen-bond acceptors (Lipinski definition) is 3. The van der Waals surface area contributed by atoms with Crippen LogP contribution < -0.4 is 5.32 Å². The molecule has 0 amide bonds. The van der Waals surface area contributed by atoms with E-state index < -0.39 is 0 Å². The van der Waals surface area contributed by atoms with Gasteiger partial charge in [-0.2, -0.15) is 0 Å². The van der Waals surface area contributed by atoms with Gasteiger partial charge in [0.1, 0.15) is 0 Å². The summed E-state index contributed by atoms with van der Waals surface area (Å²) in [4.78, 5) is 5.46. The van der Waals surface area contributed by atoms with Crippen LogP contribution in [0.2, 0.25) is 0 Å². The summed E-state index contributed by atoms with van der Waals surface area (Å²) in [6.07, 6.45) is 11.4. The fraction of sp³-hybridized carbons (Fsp3) is 1.00. The zero-order valence-electron chi connectivity index (χ0n) is 12.4. The Labute approximate surface area is 118 Å². The second kappa shape index (κ2) is 7.05. The molecule has 110 valence electrons. The van der Waals surface area contributed by atoms with E-state index in [1.807, 2.05) is 0 Å². The summed E-state index contributed by atoms with van der Waals surface area (Å²) in [5.41, 5.74) is 0. The molecule has 0 bridgehead atoms. The number of nitrogens with one attached hydrogen (secondary N) is 1. The fourth-order valence-electron chi connectivity index (χ4n) is 3.65. The first kappa shape index (κ1) is 13.8. The van der Waals surface area contributed by atoms with Crippen LogP contribution in [-0.4, -0.2) is 61.2 Å². The van der Waals surface area contributed by atoms with Crippen LogP contribution in [0.3, 0.4) is 0 Å². The van der Waals surface area contributed by atoms with Crippen LogP contribution in [0.4, 0.5) is 0 Å². The Kier molecular flexibility index (Phi) is 5.14. The zero-order chi connectivity index (χ0) is 12.9. The molecule has 2 heterocycles. The molecule has 19 heavy (non-hydrogen) atoms. The van der Waals surface area contributed by atoms with E-state index in [4.69, 9.17) is 0 Å². The van der Waals surface area contributed by atoms with Gasteiger partial charge in [-0.25, -0.2) is 0 Å². The summed E-state index contributed by atoms with van der Waals surface area (Å²) in [6.45, 7) is 7.95. The average molecular weight is 265 g/mol. The van der Waals surface area contributed by atoms with Crippen LogP contribution in [0, 0.1) is 0 Å². The van der Waals surface area contributed by atoms with Gasteiger partial charge in [0, 0.05) is 31.7 Å². The predicted molar refractivity (Wildman–Crippen MR) is 80.5 cm³/mol. The maximum absolute atomic E-state index is 3.61. The number of rotatable bonds is 7. The van der Waals surface area contributed by atoms with Gasteiger partial charge in [0.15, 0.2) is 0 Å². The summed E-state index contributed by atoms with van der Waals surface area (Å²) in [5.74, 6) is 0. The second-order valence-electron chi connectivity index (χ2n) is 6.78. The molecule has 3 heteroatoms. The van der Waals surface area contributed by atoms with Crippen molar-refractivity contribution in [3.8, 4) is 0 Å². The molecule has 0 spiro atoms. The third-order valence-electron chi connectivity index (χ3n) is 5.08. The van der Waals surface area contributed by atoms with Gasteiger partial charge in [-0.15, -0.1) is 0 Å². The Morgan fingerprint density at radius 1 is 0.895 bits per heavy atom. The molecule has 0 aromatic rings. The normalized spacial score (nSPS) is 29.4. The van der Waals surface area contributed by atoms with Crippen LogP contribution in [0.15, 0.2) is 0 Å². The van der Waals surface area contributed by atoms with Gasteiger partial charge in [-0.1, -0.05) is 12.8 Å². The van der Waals surface area contributed by atoms with Crippen LogP contribution in [0.1, 0.15) is 51.4 Å². The number of nitrogens with zero attached hydrogens (tertiary/aromatic N) is 2. The van der Waals surface area contributed by atoms with Crippen LogP contribution in [0.5, 0.6) is 0 Å². The molecule has 1 N–H and O–H groups in total. The molecule has 2 aliphatic heterocycles. The Morgan fingerprint density at radius 3 is 2.74 bits per heavy atom. The molecule has 3 aliphatic rings. The lowest BCUT2D eigenvalue weighted by Gasteiger charge is -2.44. The molecule has 1 saturated carbocycles. The summed E-state index contributed by atoms with van der Waals surface area (Å²) >= 11 is 0. The molecule has 1 atom stereocenters. The molecular weight excluding hydrogens is 234 g/mol. The van der Waals surface area contributed by atoms with Crippen molar-refractivity contribution in [1.82, 2.24) is 15.1 Å². The minimum atomic E-state index is 0.888. The SMILES string of the molecule is C(CCNC1CC1)CCN1CCN2CCCCC2C1. The van der Waals surface area contributed by atoms with E-state index >= 15 is 0 Å². The van der Waals surface area contributed by atoms with Gasteiger partial charge in [0.2, 0.25) is 0 Å². The highest BCUT2D eigenvalue weighted by Gasteiger charge is 2.28. The van der Waals surface area contributed by atoms with Crippen molar-refractivity contribution < 1.29 is 0 Å². The van der Waals surface area contributed by atoms with Gasteiger partial charge in [-0.3, -0.25) is 4.90 Å². The van der Waals surface area contributed by atoms with Crippen molar-refractivity contribution >= 4 is 0 Å². The van der Waals surface area contributed by atoms with Gasteiger partial charge >= 0.3 is 0 Å². The molecule has 1 unspecified atom stereocenters. The van der Waals surface area contributed by atoms with E-state index in [0.29, 0.717) is 0 Å². The lowest BCUT2D eigenvalue weighted by molar-refractivity contribution is 0.0486. The van der Waals surface area contributed by atoms with Crippen molar-refractivity contribution in [3.63, 3.8) is 0 Å². The number of hydrogen-bond donors (Lipinski definition) is 1. The van der Waals surface area contributed by atoms with Crippen molar-refractivity contribution in [2.24, 2.45) is 0 Å². The molecule has 1 aliphatic carbocycles. The van der Waals surface area contributed by atoms with E-state index in [9.17, 15) is 0 Å². The monoisotopic (exact) mass is 265 g/mol. The van der Waals surface area contributed by atoms with Crippen molar-refractivity contribution in [2.45, 2.75) is 63.5 Å². The van der Waals surface area contributed by atoms with Crippen LogP contribution in [-0.2, 0) is 0 Å². The largest absolute Gasteiger partial charge is 0.314 e. The Morgan fingerprint density at radius 2 is 1.84 bits per heavy atom. The Bertz CT molecular complexity index is 265. The van der Waals surface area contributed by atoms with Crippen molar-refractivity contribution in [3.05, 3.63) is 0 Å². The summed E-state index contributed by atoms with van der Waals surface area (Å²) in [7, 11) is 0. The van der Waals surface area contributed by atoms with Gasteiger partial charge in [0.25, 0.3) is 0 Å². The minimum absolute atomic E-state index is 0.888. The first-order chi connectivity index (χ1) is 9.42. The zero-order valence-corrected chi connectivity index (χ0v) is 12.4. The van der Waals surface area contributed by atoms with E-state index in [0.717, 1.165) is 12.1 Å². The number of fused-ring (bicyclic) bond motifs is 1. The average Bonchev–Trinajstić information content (AvgIpc) is 3.27. The summed E-state index contributed by atoms with van der Waals surface area (Å²) in [6, 6.07) is 1.78. The minimum Gasteiger partial charge on any atom is -0.314 e. The van der Waals surface area contributed by atoms with E-state index in [1.54, 1.807) is 0 Å². The smallest absolute Gasteiger partial charge is 0.0223 e. The molecule has 3 fully saturated rings. The quantitative estimate of drug-likeness (QED) is 0.711. The second-order valence-corrected chi connectivity index (χ2v) is 6.78. The molecule has 3 rings (SSSR count). The third kappa shape index (κ3) is 4.44. The number of piperazine rings is 1. The number of unbranched alkanes of at least 4 members (excludes halogenated alkanes) is 2. The molecule has 0 radical (unpaired) electrons. The van der Waals surface area contributed by atoms with Crippen molar-refractivity contribution in [2.75, 3.05) is 39.3 Å². The first-order valence-corrected chi connectivity index (χ1v) is 8.61. The molecule has 0 aromatic heterocycles. The van der Waals surface area contributed by atoms with Gasteiger partial charge in [-0.05, 0) is 58.2 Å². The fourth-order valence-corrected chi connectivity index (χ4v) is 3.65. The maximum atomic E-state index is 3.61. The molecule has 3 nitrogen and oxygen atoms in total. The van der Waals surface area contributed by atoms with Gasteiger partial charge < -0.3 is 10.2 Å². The Balaban J connectivity index is 1.24. The van der Waals surface area contributed by atoms with E-state index in [-0.39, 0.29) is 0 Å². The topological polar surface area (TPSA) is 18.5 Å². The highest BCUT2D eigenvalue weighted by atomic mass is 15.3. The maximum Gasteiger partial charge on any atom is 0.0223 e. The third-order valence-corrected chi connectivity index (χ3v) is 5.08. The molecular formula is C16H31N3. The predicted octanol–water partition coefficient (Wildman–Crippen LogP) is 2.08. The van der Waals surface area contributed by atoms with E-state index in [2.05, 4.69) is 15.1 Å². The highest BCUT2D eigenvalue weighted by molar-refractivity contribution is 4.85. The number of piperidine rings is 1. The highest BCUT2D eigenvalue weighted by Crippen LogP contribution is 2.21. The lowest BCUT2D eigenvalue weighted by Crippen LogP contribution is -2.54. The summed E-state index contributed by atoms with van der Waals surface area (Å²) < 4.78 is 0. The van der Waals surface area contributed by atoms with Crippen LogP contribution >= 0.6 is 0 Å². The van der Waals surface area contributed by atoms with Crippen LogP contribution in [0.25, 0.3) is 0 Å². The standard InChI is InChI=1S/C16H31N3/c1(3-9-17-15-7-8-15)4-10-18-12-13-19-11-5-2-6-16(19)14-18/h15-17H,1-14H2. The Hall–Kier alpha value is -0.120. The first-order valence-electron chi connectivity index (χ1n) is 8.61. The lowest BCUT2D eigenvalue weighted by atomic mass is 9.99. The molecule has 0 aromatic carbocycles.